The van der Waals surface area contributed by atoms with E-state index in [2.05, 4.69) is 5.32 Å². The van der Waals surface area contributed by atoms with E-state index in [1.807, 2.05) is 52.0 Å². The van der Waals surface area contributed by atoms with Gasteiger partial charge in [-0.3, -0.25) is 9.10 Å². The molecule has 1 aromatic heterocycles. The Labute approximate surface area is 182 Å². The number of amides is 1. The predicted octanol–water partition coefficient (Wildman–Crippen LogP) is 5.34. The highest BCUT2D eigenvalue weighted by molar-refractivity contribution is 7.92. The smallest absolute Gasteiger partial charge is 0.264 e. The van der Waals surface area contributed by atoms with Gasteiger partial charge in [0.1, 0.15) is 0 Å². The van der Waals surface area contributed by atoms with Gasteiger partial charge in [0.15, 0.2) is 0 Å². The van der Waals surface area contributed by atoms with Gasteiger partial charge in [0.2, 0.25) is 0 Å². The first-order valence-electron chi connectivity index (χ1n) is 10.2. The van der Waals surface area contributed by atoms with E-state index in [-0.39, 0.29) is 16.8 Å². The summed E-state index contributed by atoms with van der Waals surface area (Å²) in [6.45, 7) is 8.27. The molecule has 0 aliphatic heterocycles. The van der Waals surface area contributed by atoms with Crippen molar-refractivity contribution >= 4 is 43.0 Å². The van der Waals surface area contributed by atoms with Crippen molar-refractivity contribution in [2.24, 2.45) is 0 Å². The van der Waals surface area contributed by atoms with Crippen LogP contribution in [0, 0.1) is 6.92 Å². The number of nitrogens with zero attached hydrogens (tertiary/aromatic N) is 1. The molecule has 0 fully saturated rings. The third-order valence-corrected chi connectivity index (χ3v) is 7.99. The molecule has 2 aromatic carbocycles. The quantitative estimate of drug-likeness (QED) is 0.510. The highest BCUT2D eigenvalue weighted by Gasteiger charge is 2.25. The van der Waals surface area contributed by atoms with Crippen molar-refractivity contribution < 1.29 is 13.2 Å². The van der Waals surface area contributed by atoms with Gasteiger partial charge in [-0.15, -0.1) is 11.3 Å². The molecular weight excluding hydrogens is 416 g/mol. The Kier molecular flexibility index (Phi) is 6.83. The maximum absolute atomic E-state index is 13.3. The largest absolute Gasteiger partial charge is 0.349 e. The fraction of sp³-hybridized carbons (Fsp3) is 0.348. The molecule has 0 radical (unpaired) electrons. The second-order valence-electron chi connectivity index (χ2n) is 7.51. The molecule has 1 heterocycles. The van der Waals surface area contributed by atoms with Crippen molar-refractivity contribution in [3.05, 3.63) is 59.0 Å². The molecule has 0 saturated carbocycles. The van der Waals surface area contributed by atoms with Crippen LogP contribution in [0.5, 0.6) is 0 Å². The number of carbonyl (C=O) groups is 1. The van der Waals surface area contributed by atoms with Crippen molar-refractivity contribution in [2.45, 2.75) is 51.5 Å². The van der Waals surface area contributed by atoms with Crippen molar-refractivity contribution in [2.75, 3.05) is 10.8 Å². The topological polar surface area (TPSA) is 66.5 Å². The lowest BCUT2D eigenvalue weighted by molar-refractivity contribution is 0.0943. The highest BCUT2D eigenvalue weighted by atomic mass is 32.2. The Morgan fingerprint density at radius 3 is 2.43 bits per heavy atom. The number of benzene rings is 2. The third-order valence-electron chi connectivity index (χ3n) is 5.04. The number of anilines is 1. The molecule has 3 rings (SSSR count). The van der Waals surface area contributed by atoms with E-state index in [0.717, 1.165) is 22.1 Å². The Morgan fingerprint density at radius 2 is 1.80 bits per heavy atom. The minimum atomic E-state index is -3.67. The van der Waals surface area contributed by atoms with Gasteiger partial charge in [-0.2, -0.15) is 0 Å². The molecule has 1 amide bonds. The van der Waals surface area contributed by atoms with Gasteiger partial charge in [0.05, 0.1) is 15.5 Å². The molecule has 0 aliphatic carbocycles. The van der Waals surface area contributed by atoms with Gasteiger partial charge < -0.3 is 5.32 Å². The molecule has 7 heteroatoms. The molecule has 0 unspecified atom stereocenters. The number of thiophene rings is 1. The van der Waals surface area contributed by atoms with E-state index < -0.39 is 10.0 Å². The second-order valence-corrected chi connectivity index (χ2v) is 10.5. The molecule has 30 heavy (non-hydrogen) atoms. The average molecular weight is 445 g/mol. The number of sulfonamides is 1. The summed E-state index contributed by atoms with van der Waals surface area (Å²) in [7, 11) is -3.67. The summed E-state index contributed by atoms with van der Waals surface area (Å²) in [6.07, 6.45) is 1.55. The minimum absolute atomic E-state index is 0.0928. The fourth-order valence-corrected chi connectivity index (χ4v) is 5.62. The predicted molar refractivity (Wildman–Crippen MR) is 125 cm³/mol. The maximum atomic E-state index is 13.3. The third kappa shape index (κ3) is 4.68. The molecule has 0 spiro atoms. The number of rotatable bonds is 8. The van der Waals surface area contributed by atoms with Crippen molar-refractivity contribution in [3.8, 4) is 0 Å². The lowest BCUT2D eigenvalue weighted by Gasteiger charge is -2.24. The van der Waals surface area contributed by atoms with Gasteiger partial charge in [0.25, 0.3) is 15.9 Å². The lowest BCUT2D eigenvalue weighted by Crippen LogP contribution is -2.31. The van der Waals surface area contributed by atoms with Crippen LogP contribution in [0.15, 0.2) is 53.4 Å². The summed E-state index contributed by atoms with van der Waals surface area (Å²) in [5.74, 6) is -0.0928. The van der Waals surface area contributed by atoms with Crippen LogP contribution in [-0.2, 0) is 10.0 Å². The van der Waals surface area contributed by atoms with E-state index >= 15 is 0 Å². The first-order valence-corrected chi connectivity index (χ1v) is 12.5. The molecule has 5 nitrogen and oxygen atoms in total. The summed E-state index contributed by atoms with van der Waals surface area (Å²) < 4.78 is 29.0. The zero-order valence-corrected chi connectivity index (χ0v) is 19.4. The molecule has 0 saturated heterocycles. The summed E-state index contributed by atoms with van der Waals surface area (Å²) in [6, 6.07) is 14.4. The van der Waals surface area contributed by atoms with Crippen molar-refractivity contribution in [3.63, 3.8) is 0 Å². The van der Waals surface area contributed by atoms with E-state index in [9.17, 15) is 13.2 Å². The number of carbonyl (C=O) groups excluding carboxylic acids is 1. The summed E-state index contributed by atoms with van der Waals surface area (Å²) in [5.41, 5.74) is 1.62. The molecule has 3 aromatic rings. The molecule has 0 bridgehead atoms. The van der Waals surface area contributed by atoms with Crippen LogP contribution in [0.2, 0.25) is 0 Å². The van der Waals surface area contributed by atoms with E-state index in [0.29, 0.717) is 23.5 Å². The standard InChI is InChI=1S/C23H28N2O3S2/c1-5-13-25(30(27,28)20-10-7-16(3)8-11-20)19-9-12-21-18(14-19)15-22(29-21)23(26)24-17(4)6-2/h7-12,14-15,17H,5-6,13H2,1-4H3,(H,24,26)/t17-/m0/s1. The number of nitrogens with one attached hydrogen (secondary N) is 1. The van der Waals surface area contributed by atoms with Crippen LogP contribution in [-0.4, -0.2) is 26.9 Å². The van der Waals surface area contributed by atoms with Crippen LogP contribution in [0.1, 0.15) is 48.8 Å². The Balaban J connectivity index is 1.98. The van der Waals surface area contributed by atoms with Gasteiger partial charge in [0, 0.05) is 17.3 Å². The normalized spacial score (nSPS) is 12.7. The fourth-order valence-electron chi connectivity index (χ4n) is 3.12. The van der Waals surface area contributed by atoms with E-state index in [1.165, 1.54) is 15.6 Å². The second kappa shape index (κ2) is 9.18. The Hall–Kier alpha value is -2.38. The minimum Gasteiger partial charge on any atom is -0.349 e. The first-order chi connectivity index (χ1) is 14.3. The van der Waals surface area contributed by atoms with Crippen LogP contribution in [0.3, 0.4) is 0 Å². The van der Waals surface area contributed by atoms with Crippen molar-refractivity contribution in [1.29, 1.82) is 0 Å². The van der Waals surface area contributed by atoms with E-state index in [4.69, 9.17) is 0 Å². The first kappa shape index (κ1) is 22.3. The molecule has 1 N–H and O–H groups in total. The summed E-state index contributed by atoms with van der Waals surface area (Å²) >= 11 is 1.42. The maximum Gasteiger partial charge on any atom is 0.264 e. The average Bonchev–Trinajstić information content (AvgIpc) is 3.15. The number of fused-ring (bicyclic) bond motifs is 1. The zero-order chi connectivity index (χ0) is 21.9. The van der Waals surface area contributed by atoms with E-state index in [1.54, 1.807) is 24.3 Å². The molecular formula is C23H28N2O3S2. The van der Waals surface area contributed by atoms with Crippen LogP contribution in [0.4, 0.5) is 5.69 Å². The molecule has 1 atom stereocenters. The summed E-state index contributed by atoms with van der Waals surface area (Å²) in [5, 5.41) is 3.85. The lowest BCUT2D eigenvalue weighted by atomic mass is 10.2. The van der Waals surface area contributed by atoms with Gasteiger partial charge >= 0.3 is 0 Å². The van der Waals surface area contributed by atoms with Crippen LogP contribution >= 0.6 is 11.3 Å². The number of hydrogen-bond acceptors (Lipinski definition) is 4. The number of hydrogen-bond donors (Lipinski definition) is 1. The highest BCUT2D eigenvalue weighted by Crippen LogP contribution is 2.32. The zero-order valence-electron chi connectivity index (χ0n) is 17.8. The van der Waals surface area contributed by atoms with Crippen LogP contribution in [0.25, 0.3) is 10.1 Å². The molecule has 160 valence electrons. The SMILES string of the molecule is CCCN(c1ccc2sc(C(=O)N[C@@H](C)CC)cc2c1)S(=O)(=O)c1ccc(C)cc1. The number of aryl methyl sites for hydroxylation is 1. The van der Waals surface area contributed by atoms with Gasteiger partial charge in [-0.25, -0.2) is 8.42 Å². The van der Waals surface area contributed by atoms with Crippen LogP contribution < -0.4 is 9.62 Å². The van der Waals surface area contributed by atoms with Gasteiger partial charge in [-0.05, 0) is 68.5 Å². The monoisotopic (exact) mass is 444 g/mol. The Morgan fingerprint density at radius 1 is 1.10 bits per heavy atom. The Bertz CT molecular complexity index is 1130. The van der Waals surface area contributed by atoms with Gasteiger partial charge in [-0.1, -0.05) is 31.5 Å². The molecule has 0 aliphatic rings. The summed E-state index contributed by atoms with van der Waals surface area (Å²) in [4.78, 5) is 13.4. The van der Waals surface area contributed by atoms with Crippen molar-refractivity contribution in [1.82, 2.24) is 5.32 Å².